The fourth-order valence-corrected chi connectivity index (χ4v) is 10.6. The number of fused-ring (bicyclic) bond motifs is 7. The first-order valence-electron chi connectivity index (χ1n) is 13.5. The van der Waals surface area contributed by atoms with Crippen molar-refractivity contribution in [1.29, 1.82) is 0 Å². The molecule has 0 unspecified atom stereocenters. The van der Waals surface area contributed by atoms with Crippen LogP contribution in [0.4, 0.5) is 0 Å². The molecule has 0 aromatic carbocycles. The fraction of sp³-hybridized carbons (Fsp3) is 0.900. The maximum atomic E-state index is 12.7. The molecule has 0 heterocycles. The summed E-state index contributed by atoms with van der Waals surface area (Å²) < 4.78 is 0. The van der Waals surface area contributed by atoms with Gasteiger partial charge in [-0.2, -0.15) is 0 Å². The Bertz CT molecular complexity index is 857. The summed E-state index contributed by atoms with van der Waals surface area (Å²) in [5.41, 5.74) is 1.35. The average molecular weight is 441 g/mol. The van der Waals surface area contributed by atoms with Crippen molar-refractivity contribution in [2.45, 2.75) is 113 Å². The average Bonchev–Trinajstić information content (AvgIpc) is 2.69. The standard InChI is InChI=1S/C30H48O2/c1-19-20(31)17-21(32)24-27(19,5)10-9-22-28(24,6)14-16-30(8)23-18-25(2,3)11-12-26(23,4)13-15-29(22,30)7/h9-10,19,21-24,32H,11-18H2,1-8H3/t19-,21+,22-,23+,24+,26+,27+,28+,29+,30-/m0/s1. The summed E-state index contributed by atoms with van der Waals surface area (Å²) in [4.78, 5) is 12.7. The van der Waals surface area contributed by atoms with Gasteiger partial charge in [0.05, 0.1) is 6.10 Å². The van der Waals surface area contributed by atoms with E-state index in [1.807, 2.05) is 0 Å². The van der Waals surface area contributed by atoms with Gasteiger partial charge in [0.15, 0.2) is 0 Å². The Balaban J connectivity index is 1.61. The molecule has 180 valence electrons. The molecule has 0 bridgehead atoms. The van der Waals surface area contributed by atoms with Crippen LogP contribution in [0, 0.1) is 56.2 Å². The zero-order chi connectivity index (χ0) is 23.5. The van der Waals surface area contributed by atoms with Crippen LogP contribution in [0.2, 0.25) is 0 Å². The number of hydrogen-bond donors (Lipinski definition) is 1. The lowest BCUT2D eigenvalue weighted by Gasteiger charge is -2.73. The lowest BCUT2D eigenvalue weighted by Crippen LogP contribution is -2.68. The molecule has 0 aliphatic heterocycles. The molecule has 0 radical (unpaired) electrons. The number of rotatable bonds is 0. The van der Waals surface area contributed by atoms with E-state index < -0.39 is 6.10 Å². The summed E-state index contributed by atoms with van der Waals surface area (Å²) in [6.45, 7) is 19.7. The zero-order valence-corrected chi connectivity index (χ0v) is 22.1. The number of aliphatic hydroxyl groups excluding tert-OH is 1. The van der Waals surface area contributed by atoms with Gasteiger partial charge in [0, 0.05) is 23.7 Å². The van der Waals surface area contributed by atoms with Crippen molar-refractivity contribution in [1.82, 2.24) is 0 Å². The molecule has 0 aromatic heterocycles. The van der Waals surface area contributed by atoms with Crippen molar-refractivity contribution in [2.24, 2.45) is 56.2 Å². The van der Waals surface area contributed by atoms with E-state index >= 15 is 0 Å². The molecule has 10 atom stereocenters. The van der Waals surface area contributed by atoms with Gasteiger partial charge in [0.2, 0.25) is 0 Å². The topological polar surface area (TPSA) is 37.3 Å². The van der Waals surface area contributed by atoms with E-state index in [0.717, 1.165) is 5.92 Å². The molecule has 2 heteroatoms. The van der Waals surface area contributed by atoms with Gasteiger partial charge in [-0.1, -0.05) is 67.5 Å². The Morgan fingerprint density at radius 1 is 0.875 bits per heavy atom. The van der Waals surface area contributed by atoms with Crippen molar-refractivity contribution in [2.75, 3.05) is 0 Å². The number of hydrogen-bond acceptors (Lipinski definition) is 2. The Hall–Kier alpha value is -0.630. The predicted octanol–water partition coefficient (Wildman–Crippen LogP) is 7.20. The summed E-state index contributed by atoms with van der Waals surface area (Å²) >= 11 is 0. The predicted molar refractivity (Wildman–Crippen MR) is 131 cm³/mol. The van der Waals surface area contributed by atoms with Crippen molar-refractivity contribution in [3.63, 3.8) is 0 Å². The van der Waals surface area contributed by atoms with E-state index in [4.69, 9.17) is 0 Å². The van der Waals surface area contributed by atoms with Crippen LogP contribution in [0.25, 0.3) is 0 Å². The second-order valence-corrected chi connectivity index (χ2v) is 15.1. The van der Waals surface area contributed by atoms with Gasteiger partial charge in [-0.25, -0.2) is 0 Å². The second-order valence-electron chi connectivity index (χ2n) is 15.1. The molecule has 5 aliphatic rings. The maximum Gasteiger partial charge on any atom is 0.139 e. The normalized spacial score (nSPS) is 58.9. The third kappa shape index (κ3) is 2.65. The first-order valence-corrected chi connectivity index (χ1v) is 13.5. The maximum absolute atomic E-state index is 12.7. The Labute approximate surface area is 197 Å². The highest BCUT2D eigenvalue weighted by molar-refractivity contribution is 5.83. The van der Waals surface area contributed by atoms with Crippen molar-refractivity contribution in [3.05, 3.63) is 12.2 Å². The van der Waals surface area contributed by atoms with Gasteiger partial charge in [0.1, 0.15) is 5.78 Å². The Kier molecular flexibility index (Phi) is 4.71. The van der Waals surface area contributed by atoms with E-state index in [1.54, 1.807) is 0 Å². The molecule has 0 spiro atoms. The van der Waals surface area contributed by atoms with Gasteiger partial charge in [-0.15, -0.1) is 0 Å². The minimum absolute atomic E-state index is 0.000155. The van der Waals surface area contributed by atoms with Crippen LogP contribution in [0.1, 0.15) is 107 Å². The van der Waals surface area contributed by atoms with Crippen LogP contribution in [-0.2, 0) is 4.79 Å². The quantitative estimate of drug-likeness (QED) is 0.404. The summed E-state index contributed by atoms with van der Waals surface area (Å²) in [5.74, 6) is 1.68. The molecule has 5 aliphatic carbocycles. The summed E-state index contributed by atoms with van der Waals surface area (Å²) in [6, 6.07) is 0. The number of aliphatic hydroxyl groups is 1. The Morgan fingerprint density at radius 3 is 2.19 bits per heavy atom. The van der Waals surface area contributed by atoms with E-state index in [9.17, 15) is 9.90 Å². The fourth-order valence-electron chi connectivity index (χ4n) is 10.6. The molecule has 0 saturated heterocycles. The van der Waals surface area contributed by atoms with Crippen LogP contribution in [-0.4, -0.2) is 17.0 Å². The van der Waals surface area contributed by atoms with E-state index in [2.05, 4.69) is 67.5 Å². The molecular weight excluding hydrogens is 392 g/mol. The largest absolute Gasteiger partial charge is 0.392 e. The van der Waals surface area contributed by atoms with Crippen LogP contribution in [0.5, 0.6) is 0 Å². The van der Waals surface area contributed by atoms with Crippen LogP contribution < -0.4 is 0 Å². The SMILES string of the molecule is C[C@H]1C(=O)C[C@@H](O)[C@@H]2[C@]1(C)C=C[C@H]1[C@@]2(C)CC[C@@]2(C)[C@@H]3CC(C)(C)CC[C@]3(C)CC[C@]12C. The van der Waals surface area contributed by atoms with Crippen molar-refractivity contribution < 1.29 is 9.90 Å². The van der Waals surface area contributed by atoms with Gasteiger partial charge in [-0.3, -0.25) is 4.79 Å². The van der Waals surface area contributed by atoms with E-state index in [-0.39, 0.29) is 33.9 Å². The minimum atomic E-state index is -0.503. The van der Waals surface area contributed by atoms with Crippen molar-refractivity contribution in [3.8, 4) is 0 Å². The first kappa shape index (κ1) is 23.1. The van der Waals surface area contributed by atoms with Gasteiger partial charge >= 0.3 is 0 Å². The van der Waals surface area contributed by atoms with E-state index in [1.165, 1.54) is 44.9 Å². The molecular formula is C30H48O2. The van der Waals surface area contributed by atoms with Crippen LogP contribution >= 0.6 is 0 Å². The highest BCUT2D eigenvalue weighted by atomic mass is 16.3. The summed E-state index contributed by atoms with van der Waals surface area (Å²) in [5, 5.41) is 11.3. The summed E-state index contributed by atoms with van der Waals surface area (Å²) in [6.07, 6.45) is 14.0. The molecule has 0 amide bonds. The molecule has 4 fully saturated rings. The van der Waals surface area contributed by atoms with Crippen molar-refractivity contribution >= 4 is 5.78 Å². The summed E-state index contributed by atoms with van der Waals surface area (Å²) in [7, 11) is 0. The first-order chi connectivity index (χ1) is 14.6. The number of allylic oxidation sites excluding steroid dienone is 2. The van der Waals surface area contributed by atoms with Crippen LogP contribution in [0.3, 0.4) is 0 Å². The molecule has 2 nitrogen and oxygen atoms in total. The lowest BCUT2D eigenvalue weighted by molar-refractivity contribution is -0.239. The molecule has 32 heavy (non-hydrogen) atoms. The molecule has 1 N–H and O–H groups in total. The van der Waals surface area contributed by atoms with Gasteiger partial charge in [0.25, 0.3) is 0 Å². The minimum Gasteiger partial charge on any atom is -0.392 e. The molecule has 4 saturated carbocycles. The van der Waals surface area contributed by atoms with Crippen LogP contribution in [0.15, 0.2) is 12.2 Å². The third-order valence-corrected chi connectivity index (χ3v) is 13.1. The number of ketones is 1. The van der Waals surface area contributed by atoms with Gasteiger partial charge in [-0.05, 0) is 83.9 Å². The Morgan fingerprint density at radius 2 is 1.50 bits per heavy atom. The van der Waals surface area contributed by atoms with Gasteiger partial charge < -0.3 is 5.11 Å². The zero-order valence-electron chi connectivity index (χ0n) is 22.1. The third-order valence-electron chi connectivity index (χ3n) is 13.1. The number of Topliss-reactive ketones (excluding diaryl/α,β-unsaturated/α-hetero) is 1. The number of carbonyl (C=O) groups is 1. The molecule has 0 aromatic rings. The highest BCUT2D eigenvalue weighted by Crippen LogP contribution is 2.77. The smallest absolute Gasteiger partial charge is 0.139 e. The highest BCUT2D eigenvalue weighted by Gasteiger charge is 2.70. The monoisotopic (exact) mass is 440 g/mol. The van der Waals surface area contributed by atoms with E-state index in [0.29, 0.717) is 28.6 Å². The second kappa shape index (κ2) is 6.52. The number of carbonyl (C=O) groups excluding carboxylic acids is 1. The molecule has 5 rings (SSSR count). The lowest BCUT2D eigenvalue weighted by atomic mass is 9.31.